The molecule has 0 radical (unpaired) electrons. The second-order valence-electron chi connectivity index (χ2n) is 16.6. The molecule has 0 amide bonds. The zero-order chi connectivity index (χ0) is 48.5. The summed E-state index contributed by atoms with van der Waals surface area (Å²) in [6.07, 6.45) is 26.2. The molecule has 0 fully saturated rings. The van der Waals surface area contributed by atoms with Gasteiger partial charge in [0.1, 0.15) is 36.0 Å². The Morgan fingerprint density at radius 2 is 0.912 bits per heavy atom. The first-order chi connectivity index (χ1) is 30.4. The number of aromatic hydroxyl groups is 1. The molecule has 4 aromatic rings. The average Bonchev–Trinajstić information content (AvgIpc) is 3.20. The summed E-state index contributed by atoms with van der Waals surface area (Å²) in [6.45, 7) is 17.8. The predicted molar refractivity (Wildman–Crippen MR) is 258 cm³/mol. The van der Waals surface area contributed by atoms with Gasteiger partial charge in [-0.1, -0.05) is 100 Å². The van der Waals surface area contributed by atoms with Crippen LogP contribution in [0.3, 0.4) is 0 Å². The molecule has 0 heterocycles. The van der Waals surface area contributed by atoms with Gasteiger partial charge in [-0.2, -0.15) is 0 Å². The van der Waals surface area contributed by atoms with Gasteiger partial charge in [0, 0.05) is 16.2 Å². The number of benzene rings is 4. The van der Waals surface area contributed by atoms with Crippen molar-refractivity contribution in [3.63, 3.8) is 0 Å². The monoisotopic (exact) mass is 1010 g/mol. The van der Waals surface area contributed by atoms with Gasteiger partial charge < -0.3 is 18.8 Å². The van der Waals surface area contributed by atoms with Crippen molar-refractivity contribution in [3.05, 3.63) is 131 Å². The van der Waals surface area contributed by atoms with Gasteiger partial charge in [0.2, 0.25) is 0 Å². The SMILES string of the molecule is CC(C)=CCC/C(C)=C/CC/C(C)=C/CC/C=C(\C)CC/C=C(\C)CCC=C(C)C.O=S(=O)([O-])c1ccc2c(/N=N/c3ccc(S(=O)(=O)[O-])c4ccccc34)c(O)c(S(=O)(=O)[O-])cc2c1.[Na+].[Na+].[Na+]. The van der Waals surface area contributed by atoms with E-state index in [2.05, 4.69) is 102 Å². The molecule has 0 spiro atoms. The van der Waals surface area contributed by atoms with Crippen molar-refractivity contribution in [2.75, 3.05) is 0 Å². The average molecular weight is 1020 g/mol. The molecule has 0 atom stereocenters. The van der Waals surface area contributed by atoms with Crippen molar-refractivity contribution >= 4 is 63.3 Å². The number of unbranched alkanes of at least 4 members (excludes halogenated alkanes) is 1. The van der Waals surface area contributed by atoms with Gasteiger partial charge in [0.05, 0.1) is 20.4 Å². The minimum atomic E-state index is -5.27. The Bertz CT molecular complexity index is 2840. The van der Waals surface area contributed by atoms with Crippen LogP contribution in [0.1, 0.15) is 120 Å². The van der Waals surface area contributed by atoms with E-state index >= 15 is 0 Å². The third-order valence-electron chi connectivity index (χ3n) is 10.4. The summed E-state index contributed by atoms with van der Waals surface area (Å²) in [5.74, 6) is -1.07. The van der Waals surface area contributed by atoms with Crippen LogP contribution < -0.4 is 88.7 Å². The Labute approximate surface area is 471 Å². The van der Waals surface area contributed by atoms with E-state index in [-0.39, 0.29) is 116 Å². The first-order valence-corrected chi connectivity index (χ1v) is 25.6. The third-order valence-corrected chi connectivity index (χ3v) is 12.9. The molecule has 0 aliphatic rings. The molecule has 18 heteroatoms. The summed E-state index contributed by atoms with van der Waals surface area (Å²) < 4.78 is 104. The van der Waals surface area contributed by atoms with E-state index < -0.39 is 56.5 Å². The molecule has 4 rings (SSSR count). The maximum Gasteiger partial charge on any atom is 1.00 e. The molecule has 352 valence electrons. The van der Waals surface area contributed by atoms with Gasteiger partial charge in [0.25, 0.3) is 0 Å². The van der Waals surface area contributed by atoms with E-state index in [0.717, 1.165) is 30.3 Å². The van der Waals surface area contributed by atoms with Crippen LogP contribution in [0.5, 0.6) is 5.75 Å². The van der Waals surface area contributed by atoms with Crippen LogP contribution >= 0.6 is 0 Å². The second kappa shape index (κ2) is 31.4. The first kappa shape index (κ1) is 66.0. The molecular weight excluding hydrogens is 954 g/mol. The summed E-state index contributed by atoms with van der Waals surface area (Å²) in [5.41, 5.74) is 8.46. The van der Waals surface area contributed by atoms with Crippen molar-refractivity contribution in [3.8, 4) is 5.75 Å². The van der Waals surface area contributed by atoms with Gasteiger partial charge in [-0.25, -0.2) is 25.3 Å². The predicted octanol–water partition coefficient (Wildman–Crippen LogP) is 4.44. The van der Waals surface area contributed by atoms with Gasteiger partial charge in [-0.05, 0) is 155 Å². The largest absolute Gasteiger partial charge is 1.00 e. The van der Waals surface area contributed by atoms with E-state index in [0.29, 0.717) is 6.07 Å². The smallest absolute Gasteiger partial charge is 0.744 e. The Balaban J connectivity index is 0.00000128. The molecule has 0 saturated heterocycles. The van der Waals surface area contributed by atoms with Crippen LogP contribution in [0, 0.1) is 0 Å². The third kappa shape index (κ3) is 23.0. The standard InChI is InChI=1S/C30H50.C20H14N2O10S3.3Na/c1-25(2)15-11-19-29(7)23-13-21-27(5)17-9-10-18-28(6)22-14-24-30(8)20-12-16-26(3)4;23-20-18(35(30,31)32)10-11-9-12(33(24,25)26)5-6-13(11)19(20)22-21-16-7-8-17(34(27,28)29)15-4-2-1-3-14(15)16;;;/h15-18,23-24H,9-14,19-22H2,1-8H3;1-10,23H,(H,24,25,26)(H,27,28,29)(H,30,31,32);;;/q;;3*+1/p-3/b27-17+,28-18+,29-23+,30-24+;22-21+;;;. The fraction of sp³-hybridized carbons (Fsp3) is 0.360. The molecule has 68 heavy (non-hydrogen) atoms. The normalized spacial score (nSPS) is 12.7. The van der Waals surface area contributed by atoms with Crippen LogP contribution in [0.15, 0.2) is 155 Å². The molecular formula is C50H61N2Na3O10S3. The van der Waals surface area contributed by atoms with Crippen molar-refractivity contribution in [1.29, 1.82) is 0 Å². The first-order valence-electron chi connectivity index (χ1n) is 21.4. The number of azo groups is 1. The summed E-state index contributed by atoms with van der Waals surface area (Å²) in [5, 5.41) is 18.2. The Kier molecular flexibility index (Phi) is 30.5. The Morgan fingerprint density at radius 3 is 1.34 bits per heavy atom. The zero-order valence-electron chi connectivity index (χ0n) is 41.5. The zero-order valence-corrected chi connectivity index (χ0v) is 50.0. The minimum absolute atomic E-state index is 0. The molecule has 0 saturated carbocycles. The summed E-state index contributed by atoms with van der Waals surface area (Å²) in [4.78, 5) is -2.35. The van der Waals surface area contributed by atoms with Crippen LogP contribution in [-0.2, 0) is 30.4 Å². The number of phenols is 1. The maximum atomic E-state index is 11.7. The molecule has 0 unspecified atom stereocenters. The number of hydrogen-bond acceptors (Lipinski definition) is 12. The van der Waals surface area contributed by atoms with E-state index in [9.17, 15) is 44.0 Å². The van der Waals surface area contributed by atoms with Crippen LogP contribution in [-0.4, -0.2) is 44.0 Å². The Morgan fingerprint density at radius 1 is 0.485 bits per heavy atom. The van der Waals surface area contributed by atoms with Gasteiger partial charge >= 0.3 is 88.7 Å². The van der Waals surface area contributed by atoms with Gasteiger partial charge in [-0.15, -0.1) is 10.2 Å². The molecule has 1 N–H and O–H groups in total. The quantitative estimate of drug-likeness (QED) is 0.0432. The number of allylic oxidation sites excluding steroid dienone is 12. The van der Waals surface area contributed by atoms with Gasteiger partial charge in [0.15, 0.2) is 5.75 Å². The van der Waals surface area contributed by atoms with Gasteiger partial charge in [-0.3, -0.25) is 0 Å². The van der Waals surface area contributed by atoms with Crippen molar-refractivity contribution in [2.24, 2.45) is 10.2 Å². The summed E-state index contributed by atoms with van der Waals surface area (Å²) >= 11 is 0. The fourth-order valence-electron chi connectivity index (χ4n) is 6.78. The fourth-order valence-corrected chi connectivity index (χ4v) is 8.57. The van der Waals surface area contributed by atoms with Crippen LogP contribution in [0.2, 0.25) is 0 Å². The van der Waals surface area contributed by atoms with E-state index in [1.165, 1.54) is 122 Å². The van der Waals surface area contributed by atoms with Crippen LogP contribution in [0.4, 0.5) is 11.4 Å². The molecule has 0 aliphatic heterocycles. The van der Waals surface area contributed by atoms with E-state index in [4.69, 9.17) is 0 Å². The van der Waals surface area contributed by atoms with Crippen molar-refractivity contribution < 1.29 is 133 Å². The molecule has 12 nitrogen and oxygen atoms in total. The second-order valence-corrected chi connectivity index (χ2v) is 20.7. The Hall–Kier alpha value is -2.03. The molecule has 0 aromatic heterocycles. The number of nitrogens with zero attached hydrogens (tertiary/aromatic N) is 2. The minimum Gasteiger partial charge on any atom is -0.744 e. The number of fused-ring (bicyclic) bond motifs is 2. The molecule has 4 aromatic carbocycles. The van der Waals surface area contributed by atoms with Crippen LogP contribution in [0.25, 0.3) is 21.5 Å². The molecule has 0 bridgehead atoms. The van der Waals surface area contributed by atoms with E-state index in [1.807, 2.05) is 0 Å². The number of rotatable bonds is 20. The van der Waals surface area contributed by atoms with Crippen molar-refractivity contribution in [2.45, 2.75) is 134 Å². The maximum absolute atomic E-state index is 11.7. The number of hydrogen-bond donors (Lipinski definition) is 1. The summed E-state index contributed by atoms with van der Waals surface area (Å²) in [6, 6.07) is 11.5. The van der Waals surface area contributed by atoms with E-state index in [1.54, 1.807) is 0 Å². The topological polar surface area (TPSA) is 217 Å². The number of phenolic OH excluding ortho intramolecular Hbond substituents is 1. The molecule has 0 aliphatic carbocycles. The summed E-state index contributed by atoms with van der Waals surface area (Å²) in [7, 11) is -15.0. The van der Waals surface area contributed by atoms with Crippen molar-refractivity contribution in [1.82, 2.24) is 0 Å².